The summed E-state index contributed by atoms with van der Waals surface area (Å²) in [5.41, 5.74) is 6.77. The van der Waals surface area contributed by atoms with E-state index in [1.165, 1.54) is 12.4 Å². The third-order valence-corrected chi connectivity index (χ3v) is 5.53. The Morgan fingerprint density at radius 3 is 2.80 bits per heavy atom. The Morgan fingerprint density at radius 2 is 2.06 bits per heavy atom. The standard InChI is InChI=1S/C22H26FIN6O5/c1-25-20(32)3-2-7-34-27-11-14-9-16(22(33)29-35-8-6-31)21(30-13-26-12-19(14)30)28-18-5-4-15(24)10-17(18)23/h4-5,9-10,12-13,27-28,31H,2-3,6-8,11H2,1H3,(H,25,32)(H,29,33). The molecule has 11 nitrogen and oxygen atoms in total. The van der Waals surface area contributed by atoms with Gasteiger partial charge in [0, 0.05) is 23.6 Å². The fraction of sp³-hybridized carbons (Fsp3) is 0.318. The van der Waals surface area contributed by atoms with Gasteiger partial charge in [-0.05, 0) is 58.8 Å². The van der Waals surface area contributed by atoms with Gasteiger partial charge in [-0.3, -0.25) is 18.8 Å². The lowest BCUT2D eigenvalue weighted by Crippen LogP contribution is -2.27. The molecule has 0 saturated carbocycles. The van der Waals surface area contributed by atoms with E-state index in [1.807, 2.05) is 22.6 Å². The van der Waals surface area contributed by atoms with Gasteiger partial charge in [-0.2, -0.15) is 5.48 Å². The number of anilines is 2. The van der Waals surface area contributed by atoms with Crippen LogP contribution < -0.4 is 21.6 Å². The number of fused-ring (bicyclic) bond motifs is 1. The molecule has 13 heteroatoms. The summed E-state index contributed by atoms with van der Waals surface area (Å²) >= 11 is 2.01. The fourth-order valence-electron chi connectivity index (χ4n) is 3.17. The summed E-state index contributed by atoms with van der Waals surface area (Å²) in [5, 5.41) is 14.5. The predicted octanol–water partition coefficient (Wildman–Crippen LogP) is 2.02. The summed E-state index contributed by atoms with van der Waals surface area (Å²) in [5.74, 6) is -0.876. The van der Waals surface area contributed by atoms with E-state index in [-0.39, 0.29) is 42.7 Å². The molecule has 0 bridgehead atoms. The van der Waals surface area contributed by atoms with E-state index in [9.17, 15) is 14.0 Å². The number of amides is 2. The van der Waals surface area contributed by atoms with E-state index in [0.29, 0.717) is 30.5 Å². The zero-order chi connectivity index (χ0) is 25.2. The number of carbonyl (C=O) groups excluding carboxylic acids is 2. The monoisotopic (exact) mass is 600 g/mol. The van der Waals surface area contributed by atoms with Crippen molar-refractivity contribution in [3.05, 3.63) is 57.3 Å². The first kappa shape index (κ1) is 26.7. The average Bonchev–Trinajstić information content (AvgIpc) is 3.34. The number of nitrogens with one attached hydrogen (secondary N) is 4. The van der Waals surface area contributed by atoms with Gasteiger partial charge in [-0.1, -0.05) is 0 Å². The Balaban J connectivity index is 1.86. The molecule has 0 unspecified atom stereocenters. The van der Waals surface area contributed by atoms with Crippen molar-refractivity contribution in [2.24, 2.45) is 0 Å². The van der Waals surface area contributed by atoms with Crippen LogP contribution in [-0.4, -0.2) is 53.2 Å². The highest BCUT2D eigenvalue weighted by molar-refractivity contribution is 14.1. The van der Waals surface area contributed by atoms with Crippen molar-refractivity contribution < 1.29 is 28.8 Å². The maximum Gasteiger partial charge on any atom is 0.278 e. The molecule has 0 saturated heterocycles. The number of hydroxylamine groups is 2. The number of pyridine rings is 1. The van der Waals surface area contributed by atoms with Crippen LogP contribution in [0.15, 0.2) is 36.8 Å². The minimum atomic E-state index is -0.602. The summed E-state index contributed by atoms with van der Waals surface area (Å²) in [6.45, 7) is 0.181. The molecule has 0 aliphatic carbocycles. The van der Waals surface area contributed by atoms with Gasteiger partial charge in [0.2, 0.25) is 5.91 Å². The Bertz CT molecular complexity index is 1170. The van der Waals surface area contributed by atoms with Crippen LogP contribution in [0, 0.1) is 9.39 Å². The molecule has 2 amide bonds. The number of aliphatic hydroxyl groups excluding tert-OH is 1. The number of imidazole rings is 1. The number of nitrogens with zero attached hydrogens (tertiary/aromatic N) is 2. The summed E-state index contributed by atoms with van der Waals surface area (Å²) < 4.78 is 16.9. The summed E-state index contributed by atoms with van der Waals surface area (Å²) in [7, 11) is 1.58. The number of hydrogen-bond donors (Lipinski definition) is 5. The smallest absolute Gasteiger partial charge is 0.278 e. The molecule has 3 rings (SSSR count). The molecule has 0 spiro atoms. The van der Waals surface area contributed by atoms with Crippen LogP contribution in [0.3, 0.4) is 0 Å². The zero-order valence-electron chi connectivity index (χ0n) is 18.9. The molecule has 0 aliphatic rings. The van der Waals surface area contributed by atoms with E-state index < -0.39 is 11.7 Å². The van der Waals surface area contributed by atoms with Gasteiger partial charge in [0.25, 0.3) is 5.91 Å². The molecule has 5 N–H and O–H groups in total. The van der Waals surface area contributed by atoms with Crippen LogP contribution in [0.25, 0.3) is 5.52 Å². The highest BCUT2D eigenvalue weighted by Crippen LogP contribution is 2.28. The minimum absolute atomic E-state index is 0.0682. The molecule has 1 aromatic carbocycles. The van der Waals surface area contributed by atoms with Gasteiger partial charge >= 0.3 is 0 Å². The molecular weight excluding hydrogens is 574 g/mol. The first-order chi connectivity index (χ1) is 16.9. The first-order valence-corrected chi connectivity index (χ1v) is 11.8. The third-order valence-electron chi connectivity index (χ3n) is 4.86. The van der Waals surface area contributed by atoms with Crippen LogP contribution in [0.2, 0.25) is 0 Å². The van der Waals surface area contributed by atoms with Gasteiger partial charge < -0.3 is 20.6 Å². The van der Waals surface area contributed by atoms with E-state index in [4.69, 9.17) is 14.8 Å². The molecule has 0 atom stereocenters. The number of carbonyl (C=O) groups is 2. The topological polar surface area (TPSA) is 138 Å². The first-order valence-electron chi connectivity index (χ1n) is 10.7. The highest BCUT2D eigenvalue weighted by atomic mass is 127. The number of benzene rings is 1. The normalized spacial score (nSPS) is 11.0. The largest absolute Gasteiger partial charge is 0.394 e. The van der Waals surface area contributed by atoms with Gasteiger partial charge in [-0.15, -0.1) is 0 Å². The Hall–Kier alpha value is -2.85. The quantitative estimate of drug-likeness (QED) is 0.114. The number of aromatic nitrogens is 2. The maximum atomic E-state index is 14.6. The van der Waals surface area contributed by atoms with Crippen molar-refractivity contribution in [2.75, 3.05) is 32.2 Å². The predicted molar refractivity (Wildman–Crippen MR) is 134 cm³/mol. The van der Waals surface area contributed by atoms with Crippen LogP contribution in [0.5, 0.6) is 0 Å². The van der Waals surface area contributed by atoms with E-state index >= 15 is 0 Å². The zero-order valence-corrected chi connectivity index (χ0v) is 21.1. The van der Waals surface area contributed by atoms with Gasteiger partial charge in [0.05, 0.1) is 42.8 Å². The van der Waals surface area contributed by atoms with Gasteiger partial charge in [-0.25, -0.2) is 14.9 Å². The van der Waals surface area contributed by atoms with Crippen molar-refractivity contribution in [3.63, 3.8) is 0 Å². The maximum absolute atomic E-state index is 14.6. The number of aliphatic hydroxyl groups is 1. The van der Waals surface area contributed by atoms with Crippen LogP contribution in [-0.2, 0) is 21.0 Å². The summed E-state index contributed by atoms with van der Waals surface area (Å²) in [6, 6.07) is 6.30. The lowest BCUT2D eigenvalue weighted by molar-refractivity contribution is -0.121. The van der Waals surface area contributed by atoms with Gasteiger partial charge in [0.15, 0.2) is 0 Å². The number of halogens is 2. The Labute approximate surface area is 214 Å². The molecular formula is C22H26FIN6O5. The second kappa shape index (κ2) is 13.3. The molecule has 3 aromatic rings. The molecule has 0 aliphatic heterocycles. The van der Waals surface area contributed by atoms with Crippen LogP contribution >= 0.6 is 22.6 Å². The Morgan fingerprint density at radius 1 is 1.23 bits per heavy atom. The van der Waals surface area contributed by atoms with Crippen molar-refractivity contribution in [2.45, 2.75) is 19.4 Å². The molecule has 188 valence electrons. The third kappa shape index (κ3) is 7.32. The van der Waals surface area contributed by atoms with E-state index in [1.54, 1.807) is 35.8 Å². The molecule has 2 heterocycles. The lowest BCUT2D eigenvalue weighted by atomic mass is 10.1. The molecule has 2 aromatic heterocycles. The van der Waals surface area contributed by atoms with Crippen molar-refractivity contribution in [3.8, 4) is 0 Å². The highest BCUT2D eigenvalue weighted by Gasteiger charge is 2.20. The van der Waals surface area contributed by atoms with Crippen molar-refractivity contribution >= 4 is 51.4 Å². The van der Waals surface area contributed by atoms with Crippen molar-refractivity contribution in [1.82, 2.24) is 25.7 Å². The summed E-state index contributed by atoms with van der Waals surface area (Å²) in [4.78, 5) is 38.8. The van der Waals surface area contributed by atoms with Gasteiger partial charge in [0.1, 0.15) is 18.0 Å². The Kier molecular flexibility index (Phi) is 10.2. The average molecular weight is 600 g/mol. The lowest BCUT2D eigenvalue weighted by Gasteiger charge is -2.17. The molecule has 0 radical (unpaired) electrons. The minimum Gasteiger partial charge on any atom is -0.394 e. The summed E-state index contributed by atoms with van der Waals surface area (Å²) in [6.07, 6.45) is 4.00. The SMILES string of the molecule is CNC(=O)CCCONCc1cc(C(=O)NOCCO)c(Nc2ccc(I)cc2F)n2cncc12. The van der Waals surface area contributed by atoms with Crippen LogP contribution in [0.4, 0.5) is 15.9 Å². The fourth-order valence-corrected chi connectivity index (χ4v) is 3.62. The number of hydrogen-bond acceptors (Lipinski definition) is 8. The number of rotatable bonds is 13. The van der Waals surface area contributed by atoms with E-state index in [2.05, 4.69) is 26.6 Å². The van der Waals surface area contributed by atoms with Crippen LogP contribution in [0.1, 0.15) is 28.8 Å². The molecule has 0 fully saturated rings. The second-order valence-corrected chi connectivity index (χ2v) is 8.53. The van der Waals surface area contributed by atoms with Crippen molar-refractivity contribution in [1.29, 1.82) is 0 Å². The van der Waals surface area contributed by atoms with E-state index in [0.717, 1.165) is 3.57 Å². The molecule has 35 heavy (non-hydrogen) atoms. The second-order valence-electron chi connectivity index (χ2n) is 7.28.